The van der Waals surface area contributed by atoms with Crippen molar-refractivity contribution in [2.24, 2.45) is 11.8 Å². The van der Waals surface area contributed by atoms with Gasteiger partial charge in [-0.25, -0.2) is 4.98 Å². The summed E-state index contributed by atoms with van der Waals surface area (Å²) < 4.78 is 2.35. The Kier molecular flexibility index (Phi) is 3.31. The van der Waals surface area contributed by atoms with Crippen LogP contribution in [-0.4, -0.2) is 16.1 Å². The van der Waals surface area contributed by atoms with Gasteiger partial charge in [0.2, 0.25) is 5.95 Å². The first-order chi connectivity index (χ1) is 8.74. The van der Waals surface area contributed by atoms with Gasteiger partial charge in [-0.3, -0.25) is 0 Å². The monoisotopic (exact) mass is 247 g/mol. The number of nitrogens with zero attached hydrogens (tertiary/aromatic N) is 2. The third-order valence-electron chi connectivity index (χ3n) is 4.60. The summed E-state index contributed by atoms with van der Waals surface area (Å²) in [5.41, 5.74) is 1.14. The van der Waals surface area contributed by atoms with Crippen molar-refractivity contribution in [3.63, 3.8) is 0 Å². The molecule has 2 unspecified atom stereocenters. The molecule has 2 saturated carbocycles. The highest BCUT2D eigenvalue weighted by Crippen LogP contribution is 2.37. The Morgan fingerprint density at radius 2 is 2.06 bits per heavy atom. The average Bonchev–Trinajstić information content (AvgIpc) is 3.13. The average molecular weight is 247 g/mol. The van der Waals surface area contributed by atoms with E-state index in [1.807, 2.05) is 0 Å². The fourth-order valence-corrected chi connectivity index (χ4v) is 3.20. The molecule has 2 fully saturated rings. The highest BCUT2D eigenvalue weighted by atomic mass is 15.2. The molecule has 1 aromatic heterocycles. The molecule has 3 rings (SSSR count). The van der Waals surface area contributed by atoms with Crippen LogP contribution in [0.4, 0.5) is 5.95 Å². The number of anilines is 1. The van der Waals surface area contributed by atoms with Gasteiger partial charge in [-0.2, -0.15) is 0 Å². The van der Waals surface area contributed by atoms with E-state index in [1.165, 1.54) is 38.5 Å². The second-order valence-corrected chi connectivity index (χ2v) is 6.25. The van der Waals surface area contributed by atoms with Gasteiger partial charge < -0.3 is 9.88 Å². The summed E-state index contributed by atoms with van der Waals surface area (Å²) in [5.74, 6) is 2.81. The summed E-state index contributed by atoms with van der Waals surface area (Å²) in [4.78, 5) is 4.63. The Hall–Kier alpha value is -0.990. The van der Waals surface area contributed by atoms with Crippen molar-refractivity contribution in [3.05, 3.63) is 11.9 Å². The fraction of sp³-hybridized carbons (Fsp3) is 0.800. The van der Waals surface area contributed by atoms with E-state index in [4.69, 9.17) is 0 Å². The molecular formula is C15H25N3. The Labute approximate surface area is 110 Å². The van der Waals surface area contributed by atoms with E-state index >= 15 is 0 Å². The normalized spacial score (nSPS) is 28.3. The lowest BCUT2D eigenvalue weighted by atomic mass is 9.80. The maximum absolute atomic E-state index is 4.63. The first kappa shape index (κ1) is 12.1. The van der Waals surface area contributed by atoms with E-state index in [1.54, 1.807) is 0 Å². The van der Waals surface area contributed by atoms with E-state index in [-0.39, 0.29) is 0 Å². The standard InChI is InChI=1S/C15H25N3/c1-11-5-3-4-6-13(11)9-16-15-17-12(2)10-18(15)14-7-8-14/h10-11,13-14H,3-9H2,1-2H3,(H,16,17). The number of rotatable bonds is 4. The highest BCUT2D eigenvalue weighted by molar-refractivity contribution is 5.30. The van der Waals surface area contributed by atoms with Crippen LogP contribution < -0.4 is 5.32 Å². The lowest BCUT2D eigenvalue weighted by Crippen LogP contribution is -2.25. The number of hydrogen-bond acceptors (Lipinski definition) is 2. The predicted molar refractivity (Wildman–Crippen MR) is 74.8 cm³/mol. The van der Waals surface area contributed by atoms with Crippen molar-refractivity contribution in [1.82, 2.24) is 9.55 Å². The molecular weight excluding hydrogens is 222 g/mol. The zero-order valence-corrected chi connectivity index (χ0v) is 11.7. The van der Waals surface area contributed by atoms with Gasteiger partial charge in [0.25, 0.3) is 0 Å². The number of nitrogens with one attached hydrogen (secondary N) is 1. The van der Waals surface area contributed by atoms with Gasteiger partial charge in [-0.05, 0) is 38.0 Å². The van der Waals surface area contributed by atoms with Crippen molar-refractivity contribution in [1.29, 1.82) is 0 Å². The molecule has 0 spiro atoms. The van der Waals surface area contributed by atoms with E-state index in [0.29, 0.717) is 0 Å². The van der Waals surface area contributed by atoms with Crippen LogP contribution in [-0.2, 0) is 0 Å². The summed E-state index contributed by atoms with van der Waals surface area (Å²) in [6.07, 6.45) is 10.5. The van der Waals surface area contributed by atoms with Crippen LogP contribution >= 0.6 is 0 Å². The largest absolute Gasteiger partial charge is 0.355 e. The summed E-state index contributed by atoms with van der Waals surface area (Å²) in [7, 11) is 0. The van der Waals surface area contributed by atoms with Crippen molar-refractivity contribution >= 4 is 5.95 Å². The van der Waals surface area contributed by atoms with Gasteiger partial charge in [0.05, 0.1) is 5.69 Å². The molecule has 18 heavy (non-hydrogen) atoms. The Bertz CT molecular complexity index is 406. The number of hydrogen-bond donors (Lipinski definition) is 1. The summed E-state index contributed by atoms with van der Waals surface area (Å²) in [5, 5.41) is 3.61. The number of aromatic nitrogens is 2. The van der Waals surface area contributed by atoms with Crippen LogP contribution in [0.2, 0.25) is 0 Å². The van der Waals surface area contributed by atoms with Crippen molar-refractivity contribution in [2.45, 2.75) is 58.4 Å². The molecule has 3 nitrogen and oxygen atoms in total. The maximum atomic E-state index is 4.63. The lowest BCUT2D eigenvalue weighted by molar-refractivity contribution is 0.268. The molecule has 0 bridgehead atoms. The molecule has 0 saturated heterocycles. The van der Waals surface area contributed by atoms with Gasteiger partial charge in [-0.15, -0.1) is 0 Å². The molecule has 0 aromatic carbocycles. The minimum atomic E-state index is 0.720. The van der Waals surface area contributed by atoms with Gasteiger partial charge >= 0.3 is 0 Å². The zero-order chi connectivity index (χ0) is 12.5. The lowest BCUT2D eigenvalue weighted by Gasteiger charge is -2.29. The second-order valence-electron chi connectivity index (χ2n) is 6.25. The maximum Gasteiger partial charge on any atom is 0.203 e. The summed E-state index contributed by atoms with van der Waals surface area (Å²) >= 11 is 0. The Morgan fingerprint density at radius 1 is 1.28 bits per heavy atom. The van der Waals surface area contributed by atoms with Crippen LogP contribution in [0.25, 0.3) is 0 Å². The molecule has 0 radical (unpaired) electrons. The molecule has 1 heterocycles. The van der Waals surface area contributed by atoms with Crippen LogP contribution in [0.3, 0.4) is 0 Å². The fourth-order valence-electron chi connectivity index (χ4n) is 3.20. The molecule has 0 aliphatic heterocycles. The smallest absolute Gasteiger partial charge is 0.203 e. The van der Waals surface area contributed by atoms with E-state index in [2.05, 4.69) is 34.9 Å². The first-order valence-corrected chi connectivity index (χ1v) is 7.53. The topological polar surface area (TPSA) is 29.9 Å². The van der Waals surface area contributed by atoms with Crippen molar-refractivity contribution in [2.75, 3.05) is 11.9 Å². The third-order valence-corrected chi connectivity index (χ3v) is 4.60. The number of imidazole rings is 1. The van der Waals surface area contributed by atoms with Crippen LogP contribution in [0.5, 0.6) is 0 Å². The molecule has 2 atom stereocenters. The van der Waals surface area contributed by atoms with Gasteiger partial charge in [0, 0.05) is 18.8 Å². The van der Waals surface area contributed by atoms with Crippen LogP contribution in [0.1, 0.15) is 57.2 Å². The minimum absolute atomic E-state index is 0.720. The Morgan fingerprint density at radius 3 is 2.78 bits per heavy atom. The molecule has 2 aliphatic carbocycles. The van der Waals surface area contributed by atoms with Gasteiger partial charge in [0.1, 0.15) is 0 Å². The second kappa shape index (κ2) is 4.94. The molecule has 1 aromatic rings. The zero-order valence-electron chi connectivity index (χ0n) is 11.7. The minimum Gasteiger partial charge on any atom is -0.355 e. The van der Waals surface area contributed by atoms with Crippen LogP contribution in [0, 0.1) is 18.8 Å². The van der Waals surface area contributed by atoms with E-state index in [9.17, 15) is 0 Å². The quantitative estimate of drug-likeness (QED) is 0.878. The third kappa shape index (κ3) is 2.55. The van der Waals surface area contributed by atoms with Crippen molar-refractivity contribution < 1.29 is 0 Å². The molecule has 1 N–H and O–H groups in total. The molecule has 2 aliphatic rings. The van der Waals surface area contributed by atoms with Gasteiger partial charge in [0.15, 0.2) is 0 Å². The van der Waals surface area contributed by atoms with Gasteiger partial charge in [-0.1, -0.05) is 26.2 Å². The highest BCUT2D eigenvalue weighted by Gasteiger charge is 2.27. The molecule has 0 amide bonds. The van der Waals surface area contributed by atoms with E-state index < -0.39 is 0 Å². The summed E-state index contributed by atoms with van der Waals surface area (Å²) in [6, 6.07) is 0.720. The molecule has 3 heteroatoms. The molecule has 100 valence electrons. The Balaban J connectivity index is 1.62. The predicted octanol–water partition coefficient (Wildman–Crippen LogP) is 3.76. The SMILES string of the molecule is Cc1cn(C2CC2)c(NCC2CCCCC2C)n1. The van der Waals surface area contributed by atoms with Crippen molar-refractivity contribution in [3.8, 4) is 0 Å². The van der Waals surface area contributed by atoms with E-state index in [0.717, 1.165) is 36.1 Å². The first-order valence-electron chi connectivity index (χ1n) is 7.53. The summed E-state index contributed by atoms with van der Waals surface area (Å²) in [6.45, 7) is 5.60. The number of aryl methyl sites for hydroxylation is 1. The van der Waals surface area contributed by atoms with Crippen LogP contribution in [0.15, 0.2) is 6.20 Å².